The highest BCUT2D eigenvalue weighted by molar-refractivity contribution is 7.99. The van der Waals surface area contributed by atoms with Crippen molar-refractivity contribution in [2.75, 3.05) is 11.1 Å². The quantitative estimate of drug-likeness (QED) is 0.905. The Labute approximate surface area is 103 Å². The largest absolute Gasteiger partial charge is 0.363 e. The van der Waals surface area contributed by atoms with Gasteiger partial charge >= 0.3 is 0 Å². The summed E-state index contributed by atoms with van der Waals surface area (Å²) in [6.45, 7) is 2.21. The molecule has 15 heavy (non-hydrogen) atoms. The van der Waals surface area contributed by atoms with E-state index in [1.54, 1.807) is 0 Å². The van der Waals surface area contributed by atoms with E-state index in [-0.39, 0.29) is 0 Å². The van der Waals surface area contributed by atoms with Crippen LogP contribution in [0.2, 0.25) is 5.15 Å². The van der Waals surface area contributed by atoms with Crippen LogP contribution in [-0.4, -0.2) is 25.8 Å². The van der Waals surface area contributed by atoms with E-state index in [1.165, 1.54) is 25.0 Å². The van der Waals surface area contributed by atoms with Crippen molar-refractivity contribution in [1.82, 2.24) is 8.75 Å². The van der Waals surface area contributed by atoms with E-state index >= 15 is 0 Å². The molecule has 84 valence electrons. The summed E-state index contributed by atoms with van der Waals surface area (Å²) in [6.07, 6.45) is 3.81. The summed E-state index contributed by atoms with van der Waals surface area (Å²) >= 11 is 9.10. The van der Waals surface area contributed by atoms with Gasteiger partial charge in [-0.05, 0) is 18.6 Å². The van der Waals surface area contributed by atoms with Crippen LogP contribution in [0.25, 0.3) is 0 Å². The van der Waals surface area contributed by atoms with Crippen LogP contribution in [0.3, 0.4) is 0 Å². The Morgan fingerprint density at radius 2 is 2.40 bits per heavy atom. The number of halogens is 1. The lowest BCUT2D eigenvalue weighted by Crippen LogP contribution is -2.26. The standard InChI is InChI=1S/C9H14ClN3S2/c1-2-14-7-5-3-4-6(7)11-9-8(10)12-15-13-9/h6-7H,2-5H2,1H3,(H,11,13). The van der Waals surface area contributed by atoms with Gasteiger partial charge in [0.15, 0.2) is 11.0 Å². The highest BCUT2D eigenvalue weighted by Crippen LogP contribution is 2.33. The number of thioether (sulfide) groups is 1. The third kappa shape index (κ3) is 2.77. The molecule has 1 aromatic heterocycles. The molecular weight excluding hydrogens is 250 g/mol. The van der Waals surface area contributed by atoms with Crippen molar-refractivity contribution in [3.63, 3.8) is 0 Å². The Morgan fingerprint density at radius 3 is 3.07 bits per heavy atom. The lowest BCUT2D eigenvalue weighted by Gasteiger charge is -2.19. The van der Waals surface area contributed by atoms with Crippen molar-refractivity contribution in [3.8, 4) is 0 Å². The first-order chi connectivity index (χ1) is 7.31. The summed E-state index contributed by atoms with van der Waals surface area (Å²) in [5, 5.41) is 4.62. The molecule has 0 bridgehead atoms. The molecule has 0 aliphatic heterocycles. The fourth-order valence-corrected chi connectivity index (χ4v) is 3.80. The smallest absolute Gasteiger partial charge is 0.186 e. The predicted molar refractivity (Wildman–Crippen MR) is 68.1 cm³/mol. The van der Waals surface area contributed by atoms with Crippen molar-refractivity contribution in [3.05, 3.63) is 5.15 Å². The molecule has 6 heteroatoms. The highest BCUT2D eigenvalue weighted by atomic mass is 35.5. The predicted octanol–water partition coefficient (Wildman–Crippen LogP) is 3.28. The van der Waals surface area contributed by atoms with Crippen molar-refractivity contribution in [2.45, 2.75) is 37.5 Å². The molecule has 2 atom stereocenters. The zero-order valence-electron chi connectivity index (χ0n) is 8.57. The molecule has 2 rings (SSSR count). The third-order valence-corrected chi connectivity index (χ3v) is 4.82. The molecule has 1 heterocycles. The number of nitrogens with one attached hydrogen (secondary N) is 1. The summed E-state index contributed by atoms with van der Waals surface area (Å²) in [4.78, 5) is 0. The van der Waals surface area contributed by atoms with Gasteiger partial charge in [0.05, 0.1) is 11.7 Å². The van der Waals surface area contributed by atoms with Crippen LogP contribution >= 0.6 is 35.1 Å². The van der Waals surface area contributed by atoms with Crippen LogP contribution in [0, 0.1) is 0 Å². The number of hydrogen-bond donors (Lipinski definition) is 1. The fraction of sp³-hybridized carbons (Fsp3) is 0.778. The van der Waals surface area contributed by atoms with E-state index in [0.717, 1.165) is 17.5 Å². The number of aromatic nitrogens is 2. The summed E-state index contributed by atoms with van der Waals surface area (Å²) < 4.78 is 8.11. The molecule has 2 unspecified atom stereocenters. The average molecular weight is 264 g/mol. The molecule has 0 aromatic carbocycles. The monoisotopic (exact) mass is 263 g/mol. The maximum absolute atomic E-state index is 5.91. The molecule has 1 aromatic rings. The van der Waals surface area contributed by atoms with Crippen LogP contribution in [0.4, 0.5) is 5.82 Å². The van der Waals surface area contributed by atoms with E-state index in [9.17, 15) is 0 Å². The van der Waals surface area contributed by atoms with Crippen molar-refractivity contribution in [2.24, 2.45) is 0 Å². The molecule has 1 aliphatic rings. The average Bonchev–Trinajstić information content (AvgIpc) is 2.80. The van der Waals surface area contributed by atoms with E-state index in [4.69, 9.17) is 11.6 Å². The molecule has 1 fully saturated rings. The molecule has 3 nitrogen and oxygen atoms in total. The van der Waals surface area contributed by atoms with E-state index in [2.05, 4.69) is 21.0 Å². The maximum Gasteiger partial charge on any atom is 0.186 e. The lowest BCUT2D eigenvalue weighted by atomic mass is 10.2. The maximum atomic E-state index is 5.91. The molecule has 0 saturated heterocycles. The Morgan fingerprint density at radius 1 is 1.53 bits per heavy atom. The second-order valence-corrected chi connectivity index (χ2v) is 5.98. The third-order valence-electron chi connectivity index (χ3n) is 2.60. The Bertz CT molecular complexity index is 318. The fourth-order valence-electron chi connectivity index (χ4n) is 1.94. The van der Waals surface area contributed by atoms with E-state index < -0.39 is 0 Å². The van der Waals surface area contributed by atoms with Gasteiger partial charge in [-0.1, -0.05) is 24.9 Å². The van der Waals surface area contributed by atoms with Gasteiger partial charge in [-0.3, -0.25) is 0 Å². The van der Waals surface area contributed by atoms with Gasteiger partial charge in [0, 0.05) is 11.3 Å². The molecule has 0 amide bonds. The zero-order valence-corrected chi connectivity index (χ0v) is 11.0. The first-order valence-electron chi connectivity index (χ1n) is 5.17. The van der Waals surface area contributed by atoms with E-state index in [0.29, 0.717) is 16.4 Å². The minimum absolute atomic E-state index is 0.507. The second-order valence-electron chi connectivity index (χ2n) is 3.58. The topological polar surface area (TPSA) is 37.8 Å². The summed E-state index contributed by atoms with van der Waals surface area (Å²) in [5.74, 6) is 1.93. The minimum Gasteiger partial charge on any atom is -0.363 e. The van der Waals surface area contributed by atoms with Crippen molar-refractivity contribution >= 4 is 40.9 Å². The van der Waals surface area contributed by atoms with Gasteiger partial charge in [-0.2, -0.15) is 20.5 Å². The normalized spacial score (nSPS) is 25.7. The van der Waals surface area contributed by atoms with Gasteiger partial charge in [0.25, 0.3) is 0 Å². The van der Waals surface area contributed by atoms with E-state index in [1.807, 2.05) is 11.8 Å². The van der Waals surface area contributed by atoms with Gasteiger partial charge in [-0.25, -0.2) is 0 Å². The van der Waals surface area contributed by atoms with Crippen molar-refractivity contribution < 1.29 is 0 Å². The highest BCUT2D eigenvalue weighted by Gasteiger charge is 2.28. The zero-order chi connectivity index (χ0) is 10.7. The molecule has 1 saturated carbocycles. The molecule has 0 radical (unpaired) electrons. The second kappa shape index (κ2) is 5.37. The molecule has 1 N–H and O–H groups in total. The number of rotatable bonds is 4. The molecule has 0 spiro atoms. The number of hydrogen-bond acceptors (Lipinski definition) is 5. The van der Waals surface area contributed by atoms with Crippen LogP contribution in [0.15, 0.2) is 0 Å². The van der Waals surface area contributed by atoms with Gasteiger partial charge in [0.2, 0.25) is 0 Å². The summed E-state index contributed by atoms with van der Waals surface area (Å²) in [7, 11) is 0. The first-order valence-corrected chi connectivity index (χ1v) is 7.33. The Kier molecular flexibility index (Phi) is 4.11. The van der Waals surface area contributed by atoms with Crippen molar-refractivity contribution in [1.29, 1.82) is 0 Å². The number of nitrogens with zero attached hydrogens (tertiary/aromatic N) is 2. The van der Waals surface area contributed by atoms with Gasteiger partial charge in [0.1, 0.15) is 0 Å². The van der Waals surface area contributed by atoms with Gasteiger partial charge in [-0.15, -0.1) is 0 Å². The SMILES string of the molecule is CCSC1CCCC1Nc1nsnc1Cl. The van der Waals surface area contributed by atoms with Gasteiger partial charge < -0.3 is 5.32 Å². The lowest BCUT2D eigenvalue weighted by molar-refractivity contribution is 0.764. The summed E-state index contributed by atoms with van der Waals surface area (Å²) in [5.41, 5.74) is 0. The summed E-state index contributed by atoms with van der Waals surface area (Å²) in [6, 6.07) is 0.511. The number of anilines is 1. The minimum atomic E-state index is 0.507. The Hall–Kier alpha value is -0.0000000000000000555. The van der Waals surface area contributed by atoms with Crippen LogP contribution in [-0.2, 0) is 0 Å². The molecule has 1 aliphatic carbocycles. The Balaban J connectivity index is 1.96. The van der Waals surface area contributed by atoms with Crippen LogP contribution in [0.5, 0.6) is 0 Å². The first kappa shape index (κ1) is 11.5. The molecular formula is C9H14ClN3S2. The van der Waals surface area contributed by atoms with Crippen LogP contribution < -0.4 is 5.32 Å². The van der Waals surface area contributed by atoms with Crippen LogP contribution in [0.1, 0.15) is 26.2 Å².